The molecule has 0 saturated carbocycles. The average molecular weight is 409 g/mol. The summed E-state index contributed by atoms with van der Waals surface area (Å²) in [5.74, 6) is 0.501. The number of hydrogen-bond acceptors (Lipinski definition) is 5. The summed E-state index contributed by atoms with van der Waals surface area (Å²) in [7, 11) is 5.29. The summed E-state index contributed by atoms with van der Waals surface area (Å²) in [6.07, 6.45) is -0.250. The van der Waals surface area contributed by atoms with Gasteiger partial charge in [0.25, 0.3) is 0 Å². The topological polar surface area (TPSA) is 59.0 Å². The van der Waals surface area contributed by atoms with Gasteiger partial charge in [-0.25, -0.2) is 9.37 Å². The molecule has 2 atom stereocenters. The minimum absolute atomic E-state index is 0.0101. The molecule has 6 nitrogen and oxygen atoms in total. The van der Waals surface area contributed by atoms with Crippen LogP contribution in [-0.2, 0) is 16.0 Å². The highest BCUT2D eigenvalue weighted by Gasteiger charge is 2.14. The first-order valence-electron chi connectivity index (χ1n) is 9.23. The van der Waals surface area contributed by atoms with Gasteiger partial charge in [0.1, 0.15) is 23.0 Å². The Kier molecular flexibility index (Phi) is 8.82. The first-order chi connectivity index (χ1) is 13.5. The van der Waals surface area contributed by atoms with Crippen molar-refractivity contribution < 1.29 is 13.9 Å². The van der Waals surface area contributed by atoms with E-state index in [1.807, 2.05) is 31.2 Å². The zero-order chi connectivity index (χ0) is 20.5. The predicted octanol–water partition coefficient (Wildman–Crippen LogP) is 3.77. The fourth-order valence-corrected chi connectivity index (χ4v) is 3.48. The molecule has 1 heterocycles. The molecule has 28 heavy (non-hydrogen) atoms. The fraction of sp³-hybridized carbons (Fsp3) is 0.500. The summed E-state index contributed by atoms with van der Waals surface area (Å²) in [6, 6.07) is 6.32. The van der Waals surface area contributed by atoms with Gasteiger partial charge in [-0.1, -0.05) is 12.1 Å². The number of aliphatic imine (C=N–C) groups is 1. The van der Waals surface area contributed by atoms with Crippen molar-refractivity contribution in [3.8, 4) is 0 Å². The zero-order valence-electron chi connectivity index (χ0n) is 17.1. The molecule has 0 amide bonds. The lowest BCUT2D eigenvalue weighted by Gasteiger charge is -2.22. The lowest BCUT2D eigenvalue weighted by molar-refractivity contribution is 0.110. The molecule has 0 aliphatic rings. The summed E-state index contributed by atoms with van der Waals surface area (Å²) in [5, 5.41) is 6.30. The number of methoxy groups -OCH3 is 2. The molecule has 2 unspecified atom stereocenters. The third kappa shape index (κ3) is 6.25. The molecule has 2 rings (SSSR count). The van der Waals surface area contributed by atoms with Crippen LogP contribution in [0.1, 0.15) is 42.3 Å². The number of guanidine groups is 1. The van der Waals surface area contributed by atoms with E-state index < -0.39 is 0 Å². The molecular weight excluding hydrogens is 379 g/mol. The Morgan fingerprint density at radius 3 is 2.61 bits per heavy atom. The van der Waals surface area contributed by atoms with Crippen molar-refractivity contribution in [1.29, 1.82) is 0 Å². The van der Waals surface area contributed by atoms with E-state index in [1.54, 1.807) is 37.7 Å². The van der Waals surface area contributed by atoms with Gasteiger partial charge in [-0.15, -0.1) is 11.3 Å². The summed E-state index contributed by atoms with van der Waals surface area (Å²) >= 11 is 1.60. The van der Waals surface area contributed by atoms with E-state index in [0.717, 1.165) is 28.8 Å². The smallest absolute Gasteiger partial charge is 0.194 e. The van der Waals surface area contributed by atoms with Crippen LogP contribution in [0.5, 0.6) is 0 Å². The van der Waals surface area contributed by atoms with Crippen LogP contribution in [-0.4, -0.2) is 50.2 Å². The maximum absolute atomic E-state index is 13.2. The molecule has 0 radical (unpaired) electrons. The van der Waals surface area contributed by atoms with Gasteiger partial charge in [0.2, 0.25) is 0 Å². The van der Waals surface area contributed by atoms with Crippen molar-refractivity contribution in [3.63, 3.8) is 0 Å². The van der Waals surface area contributed by atoms with Crippen LogP contribution in [0.3, 0.4) is 0 Å². The van der Waals surface area contributed by atoms with Crippen molar-refractivity contribution in [2.75, 3.05) is 34.4 Å². The Balaban J connectivity index is 2.07. The van der Waals surface area contributed by atoms with Gasteiger partial charge in [0.15, 0.2) is 5.96 Å². The van der Waals surface area contributed by atoms with Gasteiger partial charge in [-0.2, -0.15) is 0 Å². The third-order valence-corrected chi connectivity index (χ3v) is 5.35. The minimum Gasteiger partial charge on any atom is -0.375 e. The van der Waals surface area contributed by atoms with Gasteiger partial charge in [-0.3, -0.25) is 4.99 Å². The molecule has 0 spiro atoms. The lowest BCUT2D eigenvalue weighted by Crippen LogP contribution is -2.39. The largest absolute Gasteiger partial charge is 0.375 e. The van der Waals surface area contributed by atoms with E-state index in [4.69, 9.17) is 14.5 Å². The normalized spacial score (nSPS) is 14.0. The van der Waals surface area contributed by atoms with Gasteiger partial charge in [0.05, 0.1) is 18.8 Å². The second kappa shape index (κ2) is 11.1. The highest BCUT2D eigenvalue weighted by atomic mass is 32.1. The van der Waals surface area contributed by atoms with Crippen molar-refractivity contribution in [3.05, 3.63) is 51.7 Å². The molecule has 1 N–H and O–H groups in total. The van der Waals surface area contributed by atoms with Crippen LogP contribution >= 0.6 is 11.3 Å². The maximum atomic E-state index is 13.2. The van der Waals surface area contributed by atoms with E-state index >= 15 is 0 Å². The quantitative estimate of drug-likeness (QED) is 0.506. The number of halogens is 1. The number of nitrogens with zero attached hydrogens (tertiary/aromatic N) is 3. The number of nitrogens with one attached hydrogen (secondary N) is 1. The fourth-order valence-electron chi connectivity index (χ4n) is 2.63. The van der Waals surface area contributed by atoms with E-state index in [2.05, 4.69) is 10.3 Å². The van der Waals surface area contributed by atoms with Gasteiger partial charge < -0.3 is 19.7 Å². The summed E-state index contributed by atoms with van der Waals surface area (Å²) < 4.78 is 24.0. The lowest BCUT2D eigenvalue weighted by atomic mass is 10.1. The van der Waals surface area contributed by atoms with E-state index in [-0.39, 0.29) is 18.0 Å². The highest BCUT2D eigenvalue weighted by Crippen LogP contribution is 2.21. The summed E-state index contributed by atoms with van der Waals surface area (Å²) in [5.41, 5.74) is 1.86. The van der Waals surface area contributed by atoms with Crippen molar-refractivity contribution in [2.24, 2.45) is 4.99 Å². The number of ether oxygens (including phenoxy) is 2. The molecule has 0 fully saturated rings. The average Bonchev–Trinajstić information content (AvgIpc) is 3.16. The first kappa shape index (κ1) is 22.3. The molecule has 0 saturated heterocycles. The molecular formula is C20H29FN4O2S. The van der Waals surface area contributed by atoms with Gasteiger partial charge in [-0.05, 0) is 31.5 Å². The third-order valence-electron chi connectivity index (χ3n) is 4.30. The van der Waals surface area contributed by atoms with Gasteiger partial charge >= 0.3 is 0 Å². The molecule has 2 aromatic rings. The molecule has 1 aromatic heterocycles. The highest BCUT2D eigenvalue weighted by molar-refractivity contribution is 7.09. The molecule has 0 bridgehead atoms. The second-order valence-corrected chi connectivity index (χ2v) is 7.27. The molecule has 1 aromatic carbocycles. The molecule has 154 valence electrons. The Morgan fingerprint density at radius 1 is 1.29 bits per heavy atom. The van der Waals surface area contributed by atoms with Crippen LogP contribution in [0.2, 0.25) is 0 Å². The summed E-state index contributed by atoms with van der Waals surface area (Å²) in [4.78, 5) is 11.4. The maximum Gasteiger partial charge on any atom is 0.194 e. The number of thiazole rings is 1. The van der Waals surface area contributed by atoms with Gasteiger partial charge in [0, 0.05) is 33.2 Å². The second-order valence-electron chi connectivity index (χ2n) is 6.38. The van der Waals surface area contributed by atoms with Crippen molar-refractivity contribution in [2.45, 2.75) is 32.6 Å². The standard InChI is InChI=1S/C20H29FN4O2S/c1-6-22-20(23-11-18(27-5)15-7-9-16(21)10-8-15)25(3)12-17-13-28-19(24-17)14(2)26-4/h7-10,13-14,18H,6,11-12H2,1-5H3,(H,22,23). The monoisotopic (exact) mass is 408 g/mol. The Labute approximate surface area is 170 Å². The SMILES string of the molecule is CCNC(=NCC(OC)c1ccc(F)cc1)N(C)Cc1csc(C(C)OC)n1. The zero-order valence-corrected chi connectivity index (χ0v) is 17.9. The number of benzene rings is 1. The summed E-state index contributed by atoms with van der Waals surface area (Å²) in [6.45, 7) is 5.82. The van der Waals surface area contributed by atoms with Crippen LogP contribution in [0, 0.1) is 5.82 Å². The van der Waals surface area contributed by atoms with E-state index in [1.165, 1.54) is 12.1 Å². The van der Waals surface area contributed by atoms with Crippen LogP contribution in [0.15, 0.2) is 34.6 Å². The van der Waals surface area contributed by atoms with Crippen molar-refractivity contribution in [1.82, 2.24) is 15.2 Å². The minimum atomic E-state index is -0.263. The Morgan fingerprint density at radius 2 is 2.00 bits per heavy atom. The van der Waals surface area contributed by atoms with E-state index in [0.29, 0.717) is 13.1 Å². The van der Waals surface area contributed by atoms with E-state index in [9.17, 15) is 4.39 Å². The molecule has 0 aliphatic heterocycles. The molecule has 8 heteroatoms. The van der Waals surface area contributed by atoms with Crippen LogP contribution in [0.4, 0.5) is 4.39 Å². The molecule has 0 aliphatic carbocycles. The number of aromatic nitrogens is 1. The first-order valence-corrected chi connectivity index (χ1v) is 10.1. The van der Waals surface area contributed by atoms with Crippen LogP contribution in [0.25, 0.3) is 0 Å². The Bertz CT molecular complexity index is 751. The van der Waals surface area contributed by atoms with Crippen molar-refractivity contribution >= 4 is 17.3 Å². The number of rotatable bonds is 9. The Hall–Kier alpha value is -2.03. The van der Waals surface area contributed by atoms with Crippen LogP contribution < -0.4 is 5.32 Å². The predicted molar refractivity (Wildman–Crippen MR) is 111 cm³/mol. The number of hydrogen-bond donors (Lipinski definition) is 1.